The summed E-state index contributed by atoms with van der Waals surface area (Å²) < 4.78 is 4.25. The number of carbonyl (C=O) groups is 1. The van der Waals surface area contributed by atoms with Crippen molar-refractivity contribution in [1.82, 2.24) is 16.0 Å². The van der Waals surface area contributed by atoms with Gasteiger partial charge in [-0.15, -0.1) is 0 Å². The quantitative estimate of drug-likeness (QED) is 0.305. The van der Waals surface area contributed by atoms with Gasteiger partial charge in [-0.05, 0) is 89.1 Å². The van der Waals surface area contributed by atoms with E-state index in [0.29, 0.717) is 17.3 Å². The van der Waals surface area contributed by atoms with Gasteiger partial charge in [0.1, 0.15) is 5.70 Å². The van der Waals surface area contributed by atoms with Gasteiger partial charge in [0.15, 0.2) is 0 Å². The summed E-state index contributed by atoms with van der Waals surface area (Å²) in [6.45, 7) is 21.1. The Morgan fingerprint density at radius 1 is 1.24 bits per heavy atom. The molecule has 0 radical (unpaired) electrons. The van der Waals surface area contributed by atoms with Gasteiger partial charge in [-0.1, -0.05) is 65.8 Å². The van der Waals surface area contributed by atoms with E-state index in [1.165, 1.54) is 16.7 Å². The van der Waals surface area contributed by atoms with Crippen LogP contribution in [0.1, 0.15) is 48.0 Å². The molecule has 5 nitrogen and oxygen atoms in total. The van der Waals surface area contributed by atoms with E-state index < -0.39 is 0 Å². The molecule has 2 aliphatic heterocycles. The molecule has 0 saturated heterocycles. The van der Waals surface area contributed by atoms with Crippen molar-refractivity contribution in [3.8, 4) is 0 Å². The lowest BCUT2D eigenvalue weighted by molar-refractivity contribution is -0.117. The molecule has 0 aromatic carbocycles. The lowest BCUT2D eigenvalue weighted by atomic mass is 10.0. The van der Waals surface area contributed by atoms with Gasteiger partial charge in [-0.3, -0.25) is 4.79 Å². The number of halogens is 1. The Labute approximate surface area is 230 Å². The number of carbonyl (C=O) groups excluding carboxylic acids is 1. The molecule has 0 fully saturated rings. The number of allylic oxidation sites excluding steroid dienone is 10. The highest BCUT2D eigenvalue weighted by Crippen LogP contribution is 2.27. The van der Waals surface area contributed by atoms with Crippen LogP contribution >= 0.6 is 11.6 Å². The summed E-state index contributed by atoms with van der Waals surface area (Å²) in [4.78, 5) is 12.4. The fourth-order valence-electron chi connectivity index (χ4n) is 3.62. The SMILES string of the molecule is C=C(C)/C=C(/C)C=C(C)C.C=C/C=C(Cl)\C=C1\C(C)=C(C(=O)NCCC2=CCNC=C2)NC1C.COC. The first kappa shape index (κ1) is 34.0. The Morgan fingerprint density at radius 2 is 1.89 bits per heavy atom. The van der Waals surface area contributed by atoms with E-state index in [2.05, 4.69) is 72.8 Å². The average Bonchev–Trinajstić information content (AvgIpc) is 3.08. The molecule has 1 atom stereocenters. The molecule has 3 N–H and O–H groups in total. The number of hydrogen-bond donors (Lipinski definition) is 3. The molecular weight excluding hydrogens is 482 g/mol. The standard InChI is InChI=1S/C19H24ClN3O.C10H16.C2H6O/c1-4-5-16(20)12-17-13(2)18(23-14(17)3)19(24)22-11-8-15-6-9-21-10-7-15;1-8(2)6-10(5)7-9(3)4;1-3-2/h4-7,9,12,14,21,23H,1,8,10-11H2,2-3H3,(H,22,24);6-7H,1H2,2-5H3;1-2H3/b16-5+,17-12-;10-6-;. The van der Waals surface area contributed by atoms with Crippen LogP contribution in [0.25, 0.3) is 0 Å². The Morgan fingerprint density at radius 3 is 2.41 bits per heavy atom. The van der Waals surface area contributed by atoms with Crippen molar-refractivity contribution in [2.75, 3.05) is 27.3 Å². The molecule has 2 aliphatic rings. The fraction of sp³-hybridized carbons (Fsp3) is 0.387. The van der Waals surface area contributed by atoms with Crippen LogP contribution in [-0.2, 0) is 9.53 Å². The summed E-state index contributed by atoms with van der Waals surface area (Å²) in [6, 6.07) is 0.0489. The summed E-state index contributed by atoms with van der Waals surface area (Å²) in [5.74, 6) is -0.0786. The highest BCUT2D eigenvalue weighted by Gasteiger charge is 2.26. The van der Waals surface area contributed by atoms with Gasteiger partial charge in [0.2, 0.25) is 0 Å². The molecule has 6 heteroatoms. The van der Waals surface area contributed by atoms with Gasteiger partial charge in [-0.2, -0.15) is 0 Å². The minimum absolute atomic E-state index is 0.0489. The van der Waals surface area contributed by atoms with Crippen molar-refractivity contribution in [3.63, 3.8) is 0 Å². The topological polar surface area (TPSA) is 62.4 Å². The van der Waals surface area contributed by atoms with Crippen molar-refractivity contribution >= 4 is 17.5 Å². The number of ether oxygens (including phenoxy) is 1. The molecule has 204 valence electrons. The van der Waals surface area contributed by atoms with Crippen LogP contribution in [0.3, 0.4) is 0 Å². The van der Waals surface area contributed by atoms with Gasteiger partial charge in [0, 0.05) is 38.4 Å². The molecule has 2 heterocycles. The monoisotopic (exact) mass is 527 g/mol. The molecule has 37 heavy (non-hydrogen) atoms. The first-order chi connectivity index (χ1) is 17.5. The second-order valence-corrected chi connectivity index (χ2v) is 9.58. The van der Waals surface area contributed by atoms with Crippen molar-refractivity contribution in [1.29, 1.82) is 0 Å². The number of amides is 1. The first-order valence-electron chi connectivity index (χ1n) is 12.4. The van der Waals surface area contributed by atoms with Crippen molar-refractivity contribution in [2.24, 2.45) is 0 Å². The van der Waals surface area contributed by atoms with Crippen LogP contribution < -0.4 is 16.0 Å². The second kappa shape index (κ2) is 19.1. The molecular formula is C31H46ClN3O2. The summed E-state index contributed by atoms with van der Waals surface area (Å²) in [6.07, 6.45) is 16.4. The van der Waals surface area contributed by atoms with Crippen molar-refractivity contribution < 1.29 is 9.53 Å². The van der Waals surface area contributed by atoms with Gasteiger partial charge < -0.3 is 20.7 Å². The number of hydrogen-bond acceptors (Lipinski definition) is 4. The summed E-state index contributed by atoms with van der Waals surface area (Å²) in [5, 5.41) is 9.92. The molecule has 0 spiro atoms. The molecule has 1 amide bonds. The number of dihydropyridines is 1. The van der Waals surface area contributed by atoms with Gasteiger partial charge >= 0.3 is 0 Å². The highest BCUT2D eigenvalue weighted by atomic mass is 35.5. The van der Waals surface area contributed by atoms with Crippen LogP contribution in [0, 0.1) is 0 Å². The van der Waals surface area contributed by atoms with Gasteiger partial charge in [0.05, 0.1) is 0 Å². The van der Waals surface area contributed by atoms with Crippen molar-refractivity contribution in [2.45, 2.75) is 54.0 Å². The van der Waals surface area contributed by atoms with E-state index in [1.54, 1.807) is 26.4 Å². The van der Waals surface area contributed by atoms with Gasteiger partial charge in [0.25, 0.3) is 5.91 Å². The number of methoxy groups -OCH3 is 1. The minimum Gasteiger partial charge on any atom is -0.388 e. The Kier molecular flexibility index (Phi) is 17.6. The highest BCUT2D eigenvalue weighted by molar-refractivity contribution is 6.31. The third kappa shape index (κ3) is 15.0. The zero-order valence-electron chi connectivity index (χ0n) is 23.9. The molecule has 2 rings (SSSR count). The van der Waals surface area contributed by atoms with Crippen LogP contribution in [0.5, 0.6) is 0 Å². The van der Waals surface area contributed by atoms with Crippen LogP contribution in [-0.4, -0.2) is 39.3 Å². The van der Waals surface area contributed by atoms with Crippen molar-refractivity contribution in [3.05, 3.63) is 106 Å². The summed E-state index contributed by atoms with van der Waals surface area (Å²) in [5.41, 5.74) is 7.50. The minimum atomic E-state index is -0.0786. The van der Waals surface area contributed by atoms with E-state index in [0.717, 1.165) is 29.7 Å². The van der Waals surface area contributed by atoms with E-state index >= 15 is 0 Å². The predicted molar refractivity (Wildman–Crippen MR) is 161 cm³/mol. The molecule has 0 aromatic heterocycles. The number of nitrogens with one attached hydrogen (secondary N) is 3. The van der Waals surface area contributed by atoms with Crippen LogP contribution in [0.15, 0.2) is 106 Å². The largest absolute Gasteiger partial charge is 0.388 e. The average molecular weight is 528 g/mol. The fourth-order valence-corrected chi connectivity index (χ4v) is 3.83. The maximum Gasteiger partial charge on any atom is 0.267 e. The van der Waals surface area contributed by atoms with Gasteiger partial charge in [-0.25, -0.2) is 0 Å². The van der Waals surface area contributed by atoms with E-state index in [1.807, 2.05) is 39.1 Å². The third-order valence-corrected chi connectivity index (χ3v) is 5.25. The zero-order chi connectivity index (χ0) is 28.4. The third-order valence-electron chi connectivity index (χ3n) is 5.02. The lowest BCUT2D eigenvalue weighted by Gasteiger charge is -2.11. The van der Waals surface area contributed by atoms with E-state index in [4.69, 9.17) is 11.6 Å². The van der Waals surface area contributed by atoms with Crippen LogP contribution in [0.2, 0.25) is 0 Å². The lowest BCUT2D eigenvalue weighted by Crippen LogP contribution is -2.33. The molecule has 0 bridgehead atoms. The Bertz CT molecular complexity index is 1000. The molecule has 0 saturated carbocycles. The molecule has 0 aliphatic carbocycles. The molecule has 1 unspecified atom stereocenters. The second-order valence-electron chi connectivity index (χ2n) is 9.14. The predicted octanol–water partition coefficient (Wildman–Crippen LogP) is 6.77. The summed E-state index contributed by atoms with van der Waals surface area (Å²) >= 11 is 6.13. The van der Waals surface area contributed by atoms with E-state index in [-0.39, 0.29) is 11.9 Å². The normalized spacial score (nSPS) is 17.8. The maximum absolute atomic E-state index is 12.4. The number of rotatable bonds is 8. The summed E-state index contributed by atoms with van der Waals surface area (Å²) in [7, 11) is 3.25. The zero-order valence-corrected chi connectivity index (χ0v) is 24.7. The smallest absolute Gasteiger partial charge is 0.267 e. The van der Waals surface area contributed by atoms with Crippen LogP contribution in [0.4, 0.5) is 0 Å². The first-order valence-corrected chi connectivity index (χ1v) is 12.8. The van der Waals surface area contributed by atoms with E-state index in [9.17, 15) is 4.79 Å². The Hall–Kier alpha value is -3.02. The maximum atomic E-state index is 12.4. The Balaban J connectivity index is 0.000000833. The molecule has 0 aromatic rings.